The molecule has 2 heterocycles. The summed E-state index contributed by atoms with van der Waals surface area (Å²) in [5.41, 5.74) is 2.02. The number of aryl methyl sites for hydroxylation is 1. The molecule has 3 nitrogen and oxygen atoms in total. The first-order chi connectivity index (χ1) is 7.25. The van der Waals surface area contributed by atoms with Crippen molar-refractivity contribution in [2.45, 2.75) is 19.4 Å². The minimum Gasteiger partial charge on any atom is -0.461 e. The number of fused-ring (bicyclic) bond motifs is 1. The number of amides is 1. The first-order valence-corrected chi connectivity index (χ1v) is 5.03. The van der Waals surface area contributed by atoms with Gasteiger partial charge in [-0.1, -0.05) is 18.2 Å². The Hall–Kier alpha value is -1.77. The number of hydrogen-bond acceptors (Lipinski definition) is 2. The van der Waals surface area contributed by atoms with Crippen molar-refractivity contribution in [2.24, 2.45) is 0 Å². The maximum absolute atomic E-state index is 10.9. The van der Waals surface area contributed by atoms with Crippen molar-refractivity contribution >= 4 is 16.9 Å². The van der Waals surface area contributed by atoms with Gasteiger partial charge in [-0.05, 0) is 13.0 Å². The van der Waals surface area contributed by atoms with Crippen LogP contribution < -0.4 is 5.32 Å². The molecule has 0 aliphatic carbocycles. The summed E-state index contributed by atoms with van der Waals surface area (Å²) in [6.45, 7) is 1.94. The average Bonchev–Trinajstić information content (AvgIpc) is 2.49. The van der Waals surface area contributed by atoms with Gasteiger partial charge < -0.3 is 9.73 Å². The number of carbonyl (C=O) groups excluding carboxylic acids is 1. The maximum Gasteiger partial charge on any atom is 0.222 e. The first-order valence-electron chi connectivity index (χ1n) is 5.03. The van der Waals surface area contributed by atoms with Crippen LogP contribution >= 0.6 is 0 Å². The SMILES string of the molecule is Cc1oc2ccccc2c1C1CC(=O)N1. The summed E-state index contributed by atoms with van der Waals surface area (Å²) < 4.78 is 5.64. The summed E-state index contributed by atoms with van der Waals surface area (Å²) in [5, 5.41) is 3.99. The zero-order valence-corrected chi connectivity index (χ0v) is 8.41. The van der Waals surface area contributed by atoms with Gasteiger partial charge >= 0.3 is 0 Å². The summed E-state index contributed by atoms with van der Waals surface area (Å²) in [6.07, 6.45) is 0.574. The largest absolute Gasteiger partial charge is 0.461 e. The van der Waals surface area contributed by atoms with E-state index in [4.69, 9.17) is 4.42 Å². The van der Waals surface area contributed by atoms with E-state index in [1.807, 2.05) is 31.2 Å². The number of nitrogens with one attached hydrogen (secondary N) is 1. The Morgan fingerprint density at radius 2 is 2.13 bits per heavy atom. The topological polar surface area (TPSA) is 42.2 Å². The smallest absolute Gasteiger partial charge is 0.222 e. The standard InChI is InChI=1S/C12H11NO2/c1-7-12(9-6-11(14)13-9)8-4-2-3-5-10(8)15-7/h2-5,9H,6H2,1H3,(H,13,14). The number of furan rings is 1. The van der Waals surface area contributed by atoms with Crippen LogP contribution in [0.25, 0.3) is 11.0 Å². The summed E-state index contributed by atoms with van der Waals surface area (Å²) in [5.74, 6) is 1.02. The van der Waals surface area contributed by atoms with Gasteiger partial charge in [-0.2, -0.15) is 0 Å². The second-order valence-corrected chi connectivity index (χ2v) is 3.89. The van der Waals surface area contributed by atoms with Crippen molar-refractivity contribution in [3.8, 4) is 0 Å². The number of hydrogen-bond donors (Lipinski definition) is 1. The summed E-state index contributed by atoms with van der Waals surface area (Å²) >= 11 is 0. The molecule has 1 atom stereocenters. The normalized spacial score (nSPS) is 20.1. The molecule has 0 radical (unpaired) electrons. The number of carbonyl (C=O) groups is 1. The van der Waals surface area contributed by atoms with Gasteiger partial charge in [0.05, 0.1) is 12.5 Å². The Morgan fingerprint density at radius 1 is 1.40 bits per heavy atom. The Labute approximate surface area is 87.1 Å². The quantitative estimate of drug-likeness (QED) is 0.719. The Kier molecular flexibility index (Phi) is 1.63. The summed E-state index contributed by atoms with van der Waals surface area (Å²) in [6, 6.07) is 8.06. The van der Waals surface area contributed by atoms with Gasteiger partial charge in [0.2, 0.25) is 5.91 Å². The van der Waals surface area contributed by atoms with E-state index in [9.17, 15) is 4.79 Å². The third kappa shape index (κ3) is 1.16. The molecule has 1 aromatic heterocycles. The number of rotatable bonds is 1. The van der Waals surface area contributed by atoms with Crippen molar-refractivity contribution in [1.29, 1.82) is 0 Å². The van der Waals surface area contributed by atoms with Gasteiger partial charge in [0.25, 0.3) is 0 Å². The van der Waals surface area contributed by atoms with Gasteiger partial charge in [0.1, 0.15) is 11.3 Å². The maximum atomic E-state index is 10.9. The minimum atomic E-state index is 0.115. The van der Waals surface area contributed by atoms with E-state index >= 15 is 0 Å². The summed E-state index contributed by atoms with van der Waals surface area (Å²) in [4.78, 5) is 10.9. The number of benzene rings is 1. The molecule has 1 aromatic carbocycles. The van der Waals surface area contributed by atoms with E-state index in [1.165, 1.54) is 0 Å². The molecule has 0 saturated carbocycles. The van der Waals surface area contributed by atoms with Gasteiger partial charge in [0, 0.05) is 10.9 Å². The van der Waals surface area contributed by atoms with Crippen LogP contribution in [0, 0.1) is 6.92 Å². The van der Waals surface area contributed by atoms with Crippen LogP contribution in [-0.2, 0) is 4.79 Å². The monoisotopic (exact) mass is 201 g/mol. The fraction of sp³-hybridized carbons (Fsp3) is 0.250. The average molecular weight is 201 g/mol. The van der Waals surface area contributed by atoms with Gasteiger partial charge in [-0.15, -0.1) is 0 Å². The van der Waals surface area contributed by atoms with Crippen molar-refractivity contribution in [3.63, 3.8) is 0 Å². The summed E-state index contributed by atoms with van der Waals surface area (Å²) in [7, 11) is 0. The van der Waals surface area contributed by atoms with Crippen LogP contribution in [0.4, 0.5) is 0 Å². The molecule has 0 spiro atoms. The Morgan fingerprint density at radius 3 is 2.87 bits per heavy atom. The van der Waals surface area contributed by atoms with E-state index in [0.717, 1.165) is 22.3 Å². The molecule has 3 heteroatoms. The number of β-lactam (4-membered cyclic amide) rings is 1. The highest BCUT2D eigenvalue weighted by atomic mass is 16.3. The molecule has 2 aromatic rings. The van der Waals surface area contributed by atoms with Crippen LogP contribution in [0.2, 0.25) is 0 Å². The highest BCUT2D eigenvalue weighted by molar-refractivity contribution is 5.89. The second kappa shape index (κ2) is 2.86. The molecule has 0 bridgehead atoms. The lowest BCUT2D eigenvalue weighted by Gasteiger charge is -2.26. The van der Waals surface area contributed by atoms with Crippen LogP contribution in [0.15, 0.2) is 28.7 Å². The van der Waals surface area contributed by atoms with Crippen molar-refractivity contribution in [2.75, 3.05) is 0 Å². The van der Waals surface area contributed by atoms with Crippen LogP contribution in [0.1, 0.15) is 23.8 Å². The van der Waals surface area contributed by atoms with Gasteiger partial charge in [-0.3, -0.25) is 4.79 Å². The van der Waals surface area contributed by atoms with Crippen molar-refractivity contribution in [3.05, 3.63) is 35.6 Å². The molecule has 1 N–H and O–H groups in total. The third-order valence-corrected chi connectivity index (χ3v) is 2.89. The minimum absolute atomic E-state index is 0.115. The number of para-hydroxylation sites is 1. The lowest BCUT2D eigenvalue weighted by molar-refractivity contribution is -0.128. The van der Waals surface area contributed by atoms with Gasteiger partial charge in [-0.25, -0.2) is 0 Å². The predicted molar refractivity (Wildman–Crippen MR) is 56.5 cm³/mol. The van der Waals surface area contributed by atoms with Crippen LogP contribution in [0.3, 0.4) is 0 Å². The highest BCUT2D eigenvalue weighted by Gasteiger charge is 2.31. The van der Waals surface area contributed by atoms with Gasteiger partial charge in [0.15, 0.2) is 0 Å². The molecule has 1 aliphatic heterocycles. The molecule has 76 valence electrons. The fourth-order valence-corrected chi connectivity index (χ4v) is 2.15. The molecular formula is C12H11NO2. The molecule has 1 fully saturated rings. The van der Waals surface area contributed by atoms with Crippen molar-refractivity contribution in [1.82, 2.24) is 5.32 Å². The van der Waals surface area contributed by atoms with Crippen LogP contribution in [0.5, 0.6) is 0 Å². The van der Waals surface area contributed by atoms with E-state index in [2.05, 4.69) is 5.32 Å². The molecule has 1 unspecified atom stereocenters. The predicted octanol–water partition coefficient (Wildman–Crippen LogP) is 2.30. The zero-order chi connectivity index (χ0) is 10.4. The molecule has 1 aliphatic rings. The van der Waals surface area contributed by atoms with Crippen molar-refractivity contribution < 1.29 is 9.21 Å². The van der Waals surface area contributed by atoms with E-state index in [1.54, 1.807) is 0 Å². The van der Waals surface area contributed by atoms with E-state index in [0.29, 0.717) is 6.42 Å². The highest BCUT2D eigenvalue weighted by Crippen LogP contribution is 2.34. The molecule has 3 rings (SSSR count). The lowest BCUT2D eigenvalue weighted by Crippen LogP contribution is -2.41. The molecule has 1 amide bonds. The lowest BCUT2D eigenvalue weighted by atomic mass is 9.95. The molecule has 1 saturated heterocycles. The molecule has 15 heavy (non-hydrogen) atoms. The third-order valence-electron chi connectivity index (χ3n) is 2.89. The Bertz CT molecular complexity index is 534. The first kappa shape index (κ1) is 8.53. The molecular weight excluding hydrogens is 190 g/mol. The Balaban J connectivity index is 2.16. The van der Waals surface area contributed by atoms with Crippen LogP contribution in [-0.4, -0.2) is 5.91 Å². The van der Waals surface area contributed by atoms with E-state index < -0.39 is 0 Å². The van der Waals surface area contributed by atoms with E-state index in [-0.39, 0.29) is 11.9 Å². The second-order valence-electron chi connectivity index (χ2n) is 3.89. The zero-order valence-electron chi connectivity index (χ0n) is 8.41. The fourth-order valence-electron chi connectivity index (χ4n) is 2.15.